The van der Waals surface area contributed by atoms with Crippen LogP contribution in [0.2, 0.25) is 0 Å². The molecule has 9 rings (SSSR count). The Hall–Kier alpha value is -6.70. The fourth-order valence-corrected chi connectivity index (χ4v) is 13.0. The number of hydrogen-bond donors (Lipinski definition) is 4. The molecule has 3 heterocycles. The highest BCUT2D eigenvalue weighted by molar-refractivity contribution is 7.99. The van der Waals surface area contributed by atoms with Crippen LogP contribution in [0, 0.1) is 26.0 Å². The van der Waals surface area contributed by atoms with Crippen LogP contribution >= 0.6 is 23.1 Å². The first-order chi connectivity index (χ1) is 41.0. The van der Waals surface area contributed by atoms with Crippen LogP contribution in [0.5, 0.6) is 0 Å². The maximum absolute atomic E-state index is 13.7. The van der Waals surface area contributed by atoms with Crippen LogP contribution in [0.25, 0.3) is 21.5 Å². The summed E-state index contributed by atoms with van der Waals surface area (Å²) in [6.07, 6.45) is -7.21. The Labute approximate surface area is 508 Å². The van der Waals surface area contributed by atoms with Crippen LogP contribution in [-0.4, -0.2) is 115 Å². The number of fused-ring (bicyclic) bond motifs is 2. The van der Waals surface area contributed by atoms with Gasteiger partial charge in [0.2, 0.25) is 5.82 Å². The van der Waals surface area contributed by atoms with Gasteiger partial charge in [-0.05, 0) is 154 Å². The molecule has 7 aromatic rings. The lowest BCUT2D eigenvalue weighted by molar-refractivity contribution is -0.387. The molecule has 466 valence electrons. The fraction of sp³-hybridized carbons (Fsp3) is 0.406. The van der Waals surface area contributed by atoms with Crippen LogP contribution in [0.4, 0.5) is 42.1 Å². The molecule has 1 unspecified atom stereocenters. The van der Waals surface area contributed by atoms with Gasteiger partial charge in [-0.2, -0.15) is 30.7 Å². The lowest BCUT2D eigenvalue weighted by atomic mass is 9.93. The van der Waals surface area contributed by atoms with Gasteiger partial charge in [0, 0.05) is 71.6 Å². The summed E-state index contributed by atoms with van der Waals surface area (Å²) in [4.78, 5) is 47.6. The molecule has 2 aliphatic rings. The predicted octanol–water partition coefficient (Wildman–Crippen LogP) is 13.7. The molecule has 14 nitrogen and oxygen atoms in total. The van der Waals surface area contributed by atoms with Gasteiger partial charge in [-0.15, -0.1) is 23.1 Å². The first kappa shape index (κ1) is 67.8. The summed E-state index contributed by atoms with van der Waals surface area (Å²) < 4.78 is 80.6. The van der Waals surface area contributed by atoms with Gasteiger partial charge in [-0.1, -0.05) is 103 Å². The molecule has 2 saturated heterocycles. The number of carbonyl (C=O) groups excluding carboxylic acids is 2. The van der Waals surface area contributed by atoms with Crippen molar-refractivity contribution < 1.29 is 60.4 Å². The van der Waals surface area contributed by atoms with Crippen molar-refractivity contribution >= 4 is 67.6 Å². The SMILES string of the molecule is CC(C)(Cc1ccc2ccccc2c1)NC[C@@H](O)[C@H]1CCCN1Cc1ccc(F)c([N+](=O)[O-])c1.CC(Sc1ccc(CN2CCC[C@@H]2[C@H](O)CNC(C)(C)Cc2ccc3ccccc3c2)cc1[N+](=O)[O-])c1cccs1.O=C(C(=O)C(F)(F)F)C(F)(F)F. The second-order valence-corrected chi connectivity index (χ2v) is 25.6. The predicted molar refractivity (Wildman–Crippen MR) is 325 cm³/mol. The average Bonchev–Trinajstić information content (AvgIpc) is 2.57. The number of thiophene rings is 1. The van der Waals surface area contributed by atoms with E-state index in [4.69, 9.17) is 0 Å². The van der Waals surface area contributed by atoms with Crippen molar-refractivity contribution in [2.75, 3.05) is 26.2 Å². The zero-order chi connectivity index (χ0) is 63.4. The number of halogens is 7. The number of likely N-dealkylation sites (tertiary alicyclic amines) is 2. The van der Waals surface area contributed by atoms with Crippen molar-refractivity contribution in [3.05, 3.63) is 192 Å². The van der Waals surface area contributed by atoms with Gasteiger partial charge in [0.05, 0.1) is 27.0 Å². The summed E-state index contributed by atoms with van der Waals surface area (Å²) in [5, 5.41) is 59.5. The van der Waals surface area contributed by atoms with Crippen molar-refractivity contribution in [2.45, 2.75) is 144 Å². The minimum atomic E-state index is -5.77. The topological polar surface area (TPSA) is 191 Å². The van der Waals surface area contributed by atoms with Gasteiger partial charge in [0.1, 0.15) is 0 Å². The molecule has 5 atom stereocenters. The largest absolute Gasteiger partial charge is 0.458 e. The lowest BCUT2D eigenvalue weighted by Crippen LogP contribution is -2.50. The van der Waals surface area contributed by atoms with E-state index in [9.17, 15) is 70.8 Å². The van der Waals surface area contributed by atoms with Crippen molar-refractivity contribution in [2.24, 2.45) is 0 Å². The zero-order valence-electron chi connectivity index (χ0n) is 48.7. The summed E-state index contributed by atoms with van der Waals surface area (Å²) in [6, 6.07) is 43.5. The van der Waals surface area contributed by atoms with Gasteiger partial charge < -0.3 is 20.8 Å². The number of benzene rings is 6. The first-order valence-corrected chi connectivity index (χ1v) is 30.2. The standard InChI is InChI=1S/C33H39N3O3S2.C27H32FN3O3.C4F6O2/c1-23(31-11-7-17-40-31)41-32-15-13-25(19-29(32)36(38)39)22-35-16-6-10-28(35)30(37)21-34-33(2,3)20-24-12-14-26-8-4-5-9-27(26)18-24;1-27(2,16-19-9-11-21-6-3-4-7-22(21)14-19)29-17-26(32)24-8-5-13-30(24)18-20-10-12-23(28)25(15-20)31(33)34;5-3(6,7)1(11)2(12)4(8,9)10/h4-5,7-9,11-15,17-19,23,28,30,34,37H,6,10,16,20-22H2,1-3H3;3-4,6-7,9-12,14-15,24,26,29,32H,5,8,13,16-18H2,1-2H3;/t23?,28-,30-;24-,26-;/m11./s1. The van der Waals surface area contributed by atoms with Crippen molar-refractivity contribution in [1.82, 2.24) is 20.4 Å². The highest BCUT2D eigenvalue weighted by atomic mass is 32.2. The van der Waals surface area contributed by atoms with Crippen molar-refractivity contribution in [3.8, 4) is 0 Å². The average molecular weight is 1250 g/mol. The number of alkyl halides is 6. The molecular formula is C64H71F7N6O8S2. The molecule has 87 heavy (non-hydrogen) atoms. The minimum Gasteiger partial charge on any atom is -0.390 e. The molecule has 0 aliphatic carbocycles. The Bertz CT molecular complexity index is 3470. The third-order valence-corrected chi connectivity index (χ3v) is 17.8. The number of nitro benzene ring substituents is 2. The second kappa shape index (κ2) is 29.5. The van der Waals surface area contributed by atoms with Crippen LogP contribution in [0.15, 0.2) is 144 Å². The molecule has 4 N–H and O–H groups in total. The van der Waals surface area contributed by atoms with E-state index in [0.29, 0.717) is 36.6 Å². The Morgan fingerprint density at radius 1 is 0.609 bits per heavy atom. The number of rotatable bonds is 22. The normalized spacial score (nSPS) is 17.0. The van der Waals surface area contributed by atoms with E-state index in [2.05, 4.69) is 134 Å². The van der Waals surface area contributed by atoms with Crippen LogP contribution in [-0.2, 0) is 35.5 Å². The smallest absolute Gasteiger partial charge is 0.390 e. The number of hydrogen-bond acceptors (Lipinski definition) is 14. The number of aliphatic hydroxyl groups is 2. The number of carbonyl (C=O) groups is 2. The summed E-state index contributed by atoms with van der Waals surface area (Å²) in [6.45, 7) is 14.4. The quantitative estimate of drug-likeness (QED) is 0.0165. The Morgan fingerprint density at radius 3 is 1.46 bits per heavy atom. The first-order valence-electron chi connectivity index (χ1n) is 28.4. The number of β-amino-alcohol motifs (C(OH)–C–C–N with tert-alkyl or cyclic N) is 2. The monoisotopic (exact) mass is 1250 g/mol. The van der Waals surface area contributed by atoms with E-state index in [-0.39, 0.29) is 39.0 Å². The number of nitrogens with zero attached hydrogens (tertiary/aromatic N) is 4. The van der Waals surface area contributed by atoms with Gasteiger partial charge in [-0.3, -0.25) is 39.6 Å². The number of nitrogens with one attached hydrogen (secondary N) is 2. The van der Waals surface area contributed by atoms with E-state index in [1.807, 2.05) is 35.7 Å². The minimum absolute atomic E-state index is 0.0194. The third kappa shape index (κ3) is 19.4. The maximum atomic E-state index is 13.7. The number of nitro groups is 2. The molecule has 23 heteroatoms. The fourth-order valence-electron chi connectivity index (χ4n) is 11.0. The van der Waals surface area contributed by atoms with Crippen LogP contribution in [0.3, 0.4) is 0 Å². The summed E-state index contributed by atoms with van der Waals surface area (Å²) in [7, 11) is 0. The van der Waals surface area contributed by atoms with E-state index < -0.39 is 52.6 Å². The van der Waals surface area contributed by atoms with E-state index >= 15 is 0 Å². The summed E-state index contributed by atoms with van der Waals surface area (Å²) >= 11 is 3.20. The van der Waals surface area contributed by atoms with Crippen LogP contribution in [0.1, 0.15) is 92.7 Å². The number of thioether (sulfide) groups is 1. The van der Waals surface area contributed by atoms with Gasteiger partial charge in [-0.25, -0.2) is 0 Å². The van der Waals surface area contributed by atoms with Crippen LogP contribution < -0.4 is 10.6 Å². The molecule has 0 bridgehead atoms. The van der Waals surface area contributed by atoms with Crippen molar-refractivity contribution in [3.63, 3.8) is 0 Å². The molecule has 0 radical (unpaired) electrons. The van der Waals surface area contributed by atoms with Gasteiger partial charge in [0.15, 0.2) is 0 Å². The molecule has 2 aliphatic heterocycles. The Balaban J connectivity index is 0.000000212. The second-order valence-electron chi connectivity index (χ2n) is 23.3. The molecule has 0 spiro atoms. The van der Waals surface area contributed by atoms with E-state index in [1.54, 1.807) is 23.5 Å². The van der Waals surface area contributed by atoms with Crippen molar-refractivity contribution in [1.29, 1.82) is 0 Å². The molecular weight excluding hydrogens is 1180 g/mol. The van der Waals surface area contributed by atoms with Gasteiger partial charge >= 0.3 is 29.6 Å². The molecule has 0 saturated carbocycles. The molecule has 1 aromatic heterocycles. The molecule has 2 fully saturated rings. The van der Waals surface area contributed by atoms with E-state index in [1.165, 1.54) is 55.4 Å². The highest BCUT2D eigenvalue weighted by Crippen LogP contribution is 2.42. The Morgan fingerprint density at radius 2 is 1.03 bits per heavy atom. The third-order valence-electron chi connectivity index (χ3n) is 15.4. The number of aliphatic hydroxyl groups excluding tert-OH is 2. The zero-order valence-corrected chi connectivity index (χ0v) is 50.4. The Kier molecular flexibility index (Phi) is 23.0. The summed E-state index contributed by atoms with van der Waals surface area (Å²) in [5.41, 5.74) is 3.36. The number of ketones is 2. The number of Topliss-reactive ketones (excluding diaryl/α,β-unsaturated/α-hetero) is 2. The summed E-state index contributed by atoms with van der Waals surface area (Å²) in [5.74, 6) is -7.64. The molecule has 6 aromatic carbocycles. The molecule has 0 amide bonds. The highest BCUT2D eigenvalue weighted by Gasteiger charge is 2.54. The van der Waals surface area contributed by atoms with E-state index in [0.717, 1.165) is 63.2 Å². The maximum Gasteiger partial charge on any atom is 0.458 e. The lowest BCUT2D eigenvalue weighted by Gasteiger charge is -2.33. The van der Waals surface area contributed by atoms with Gasteiger partial charge in [0.25, 0.3) is 5.69 Å².